The third-order valence-electron chi connectivity index (χ3n) is 3.62. The Morgan fingerprint density at radius 2 is 1.86 bits per heavy atom. The Bertz CT molecular complexity index is 180. The second kappa shape index (κ2) is 4.56. The number of alkyl halides is 2. The molecule has 1 N–H and O–H groups in total. The fourth-order valence-corrected chi connectivity index (χ4v) is 2.79. The van der Waals surface area contributed by atoms with E-state index in [0.29, 0.717) is 12.5 Å². The highest BCUT2D eigenvalue weighted by atomic mass is 19.1. The fourth-order valence-electron chi connectivity index (χ4n) is 2.79. The van der Waals surface area contributed by atoms with Gasteiger partial charge < -0.3 is 5.32 Å². The minimum absolute atomic E-state index is 0.0716. The normalized spacial score (nSPS) is 45.0. The van der Waals surface area contributed by atoms with Crippen LogP contribution in [-0.4, -0.2) is 24.9 Å². The molecule has 4 atom stereocenters. The number of rotatable bonds is 1. The predicted octanol–water partition coefficient (Wildman–Crippen LogP) is 2.60. The van der Waals surface area contributed by atoms with Crippen LogP contribution in [0.1, 0.15) is 38.5 Å². The van der Waals surface area contributed by atoms with Crippen LogP contribution in [0.4, 0.5) is 8.78 Å². The predicted molar refractivity (Wildman–Crippen MR) is 52.8 cm³/mol. The van der Waals surface area contributed by atoms with Crippen LogP contribution in [0.25, 0.3) is 0 Å². The molecule has 4 unspecified atom stereocenters. The van der Waals surface area contributed by atoms with Crippen LogP contribution in [0.2, 0.25) is 0 Å². The molecule has 1 aliphatic carbocycles. The van der Waals surface area contributed by atoms with Gasteiger partial charge in [0.25, 0.3) is 0 Å². The summed E-state index contributed by atoms with van der Waals surface area (Å²) in [6.45, 7) is 1.01. The number of nitrogens with one attached hydrogen (secondary N) is 1. The Balaban J connectivity index is 1.89. The maximum Gasteiger partial charge on any atom is 0.107 e. The third kappa shape index (κ3) is 2.25. The standard InChI is InChI=1S/C11H19F2N/c12-8-4-5-9(10(13)7-8)11-3-1-2-6-14-11/h8-11,14H,1-7H2. The molecule has 1 nitrogen and oxygen atoms in total. The molecule has 0 spiro atoms. The van der Waals surface area contributed by atoms with Gasteiger partial charge in [-0.1, -0.05) is 6.42 Å². The molecule has 1 aliphatic heterocycles. The first-order valence-electron chi connectivity index (χ1n) is 5.79. The Morgan fingerprint density at radius 3 is 2.50 bits per heavy atom. The third-order valence-corrected chi connectivity index (χ3v) is 3.62. The quantitative estimate of drug-likeness (QED) is 0.690. The number of piperidine rings is 1. The van der Waals surface area contributed by atoms with E-state index in [-0.39, 0.29) is 12.3 Å². The largest absolute Gasteiger partial charge is 0.314 e. The summed E-state index contributed by atoms with van der Waals surface area (Å²) < 4.78 is 26.5. The maximum absolute atomic E-state index is 13.6. The van der Waals surface area contributed by atoms with Gasteiger partial charge in [-0.3, -0.25) is 0 Å². The highest BCUT2D eigenvalue weighted by molar-refractivity contribution is 4.89. The van der Waals surface area contributed by atoms with E-state index < -0.39 is 12.3 Å². The van der Waals surface area contributed by atoms with Gasteiger partial charge in [0.05, 0.1) is 0 Å². The Kier molecular flexibility index (Phi) is 3.37. The molecular formula is C11H19F2N. The summed E-state index contributed by atoms with van der Waals surface area (Å²) in [7, 11) is 0. The van der Waals surface area contributed by atoms with Crippen molar-refractivity contribution in [3.05, 3.63) is 0 Å². The lowest BCUT2D eigenvalue weighted by Gasteiger charge is -2.36. The molecule has 2 fully saturated rings. The van der Waals surface area contributed by atoms with E-state index in [4.69, 9.17) is 0 Å². The molecule has 1 heterocycles. The van der Waals surface area contributed by atoms with Crippen molar-refractivity contribution in [3.63, 3.8) is 0 Å². The van der Waals surface area contributed by atoms with Crippen molar-refractivity contribution in [3.8, 4) is 0 Å². The monoisotopic (exact) mass is 203 g/mol. The van der Waals surface area contributed by atoms with E-state index in [1.54, 1.807) is 0 Å². The molecule has 82 valence electrons. The summed E-state index contributed by atoms with van der Waals surface area (Å²) in [6.07, 6.45) is 3.05. The van der Waals surface area contributed by atoms with E-state index in [1.807, 2.05) is 0 Å². The number of hydrogen-bond acceptors (Lipinski definition) is 1. The summed E-state index contributed by atoms with van der Waals surface area (Å²) >= 11 is 0. The van der Waals surface area contributed by atoms with Crippen molar-refractivity contribution < 1.29 is 8.78 Å². The highest BCUT2D eigenvalue weighted by Gasteiger charge is 2.35. The summed E-state index contributed by atoms with van der Waals surface area (Å²) in [4.78, 5) is 0. The van der Waals surface area contributed by atoms with Crippen molar-refractivity contribution in [1.29, 1.82) is 0 Å². The zero-order valence-electron chi connectivity index (χ0n) is 8.52. The van der Waals surface area contributed by atoms with Gasteiger partial charge in [-0.15, -0.1) is 0 Å². The number of hydrogen-bond donors (Lipinski definition) is 1. The van der Waals surface area contributed by atoms with Crippen LogP contribution >= 0.6 is 0 Å². The topological polar surface area (TPSA) is 12.0 Å². The molecule has 1 saturated carbocycles. The zero-order chi connectivity index (χ0) is 9.97. The molecule has 2 rings (SSSR count). The lowest BCUT2D eigenvalue weighted by molar-refractivity contribution is 0.0711. The SMILES string of the molecule is FC1CCC(C2CCCCN2)C(F)C1. The summed E-state index contributed by atoms with van der Waals surface area (Å²) in [5, 5.41) is 3.37. The van der Waals surface area contributed by atoms with Crippen LogP contribution in [0.15, 0.2) is 0 Å². The Labute approximate surface area is 84.3 Å². The molecular weight excluding hydrogens is 184 g/mol. The molecule has 0 amide bonds. The van der Waals surface area contributed by atoms with Gasteiger partial charge in [-0.05, 0) is 32.2 Å². The number of halogens is 2. The average Bonchev–Trinajstić information content (AvgIpc) is 2.19. The molecule has 2 aliphatic rings. The molecule has 0 bridgehead atoms. The first kappa shape index (κ1) is 10.3. The van der Waals surface area contributed by atoms with Crippen molar-refractivity contribution in [2.45, 2.75) is 56.9 Å². The molecule has 3 heteroatoms. The summed E-state index contributed by atoms with van der Waals surface area (Å²) in [5.74, 6) is 0.0716. The van der Waals surface area contributed by atoms with E-state index >= 15 is 0 Å². The van der Waals surface area contributed by atoms with Gasteiger partial charge in [-0.25, -0.2) is 8.78 Å². The average molecular weight is 203 g/mol. The Morgan fingerprint density at radius 1 is 1.00 bits per heavy atom. The minimum Gasteiger partial charge on any atom is -0.314 e. The van der Waals surface area contributed by atoms with E-state index in [2.05, 4.69) is 5.32 Å². The van der Waals surface area contributed by atoms with Crippen LogP contribution < -0.4 is 5.32 Å². The van der Waals surface area contributed by atoms with Crippen LogP contribution in [0, 0.1) is 5.92 Å². The lowest BCUT2D eigenvalue weighted by Crippen LogP contribution is -2.46. The smallest absolute Gasteiger partial charge is 0.107 e. The van der Waals surface area contributed by atoms with Gasteiger partial charge >= 0.3 is 0 Å². The van der Waals surface area contributed by atoms with Crippen molar-refractivity contribution in [2.75, 3.05) is 6.54 Å². The molecule has 1 saturated heterocycles. The van der Waals surface area contributed by atoms with Crippen LogP contribution in [0.5, 0.6) is 0 Å². The lowest BCUT2D eigenvalue weighted by atomic mass is 9.79. The van der Waals surface area contributed by atoms with Crippen molar-refractivity contribution in [1.82, 2.24) is 5.32 Å². The maximum atomic E-state index is 13.6. The Hall–Kier alpha value is -0.180. The van der Waals surface area contributed by atoms with Crippen molar-refractivity contribution in [2.24, 2.45) is 5.92 Å². The molecule has 0 radical (unpaired) electrons. The van der Waals surface area contributed by atoms with Gasteiger partial charge in [0.15, 0.2) is 0 Å². The highest BCUT2D eigenvalue weighted by Crippen LogP contribution is 2.33. The van der Waals surface area contributed by atoms with Crippen molar-refractivity contribution >= 4 is 0 Å². The van der Waals surface area contributed by atoms with Gasteiger partial charge in [0.1, 0.15) is 12.3 Å². The van der Waals surface area contributed by atoms with Gasteiger partial charge in [0, 0.05) is 18.4 Å². The molecule has 0 aromatic carbocycles. The molecule has 0 aromatic rings. The molecule has 14 heavy (non-hydrogen) atoms. The molecule has 0 aromatic heterocycles. The van der Waals surface area contributed by atoms with Crippen LogP contribution in [-0.2, 0) is 0 Å². The first-order chi connectivity index (χ1) is 6.77. The second-order valence-corrected chi connectivity index (χ2v) is 4.65. The van der Waals surface area contributed by atoms with E-state index in [0.717, 1.165) is 19.4 Å². The summed E-state index contributed by atoms with van der Waals surface area (Å²) in [5.41, 5.74) is 0. The van der Waals surface area contributed by atoms with E-state index in [9.17, 15) is 8.78 Å². The minimum atomic E-state index is -0.922. The van der Waals surface area contributed by atoms with Gasteiger partial charge in [-0.2, -0.15) is 0 Å². The fraction of sp³-hybridized carbons (Fsp3) is 1.00. The zero-order valence-corrected chi connectivity index (χ0v) is 8.52. The summed E-state index contributed by atoms with van der Waals surface area (Å²) in [6, 6.07) is 0.311. The second-order valence-electron chi connectivity index (χ2n) is 4.65. The first-order valence-corrected chi connectivity index (χ1v) is 5.79. The van der Waals surface area contributed by atoms with Crippen LogP contribution in [0.3, 0.4) is 0 Å². The van der Waals surface area contributed by atoms with E-state index in [1.165, 1.54) is 12.8 Å². The van der Waals surface area contributed by atoms with Gasteiger partial charge in [0.2, 0.25) is 0 Å².